The Balaban J connectivity index is 2.35. The van der Waals surface area contributed by atoms with Crippen LogP contribution in [-0.4, -0.2) is 31.1 Å². The Morgan fingerprint density at radius 3 is 2.52 bits per heavy atom. The van der Waals surface area contributed by atoms with Crippen LogP contribution in [0.15, 0.2) is 41.1 Å². The molecule has 1 aliphatic carbocycles. The largest absolute Gasteiger partial charge is 0.497 e. The lowest BCUT2D eigenvalue weighted by Crippen LogP contribution is -2.49. The lowest BCUT2D eigenvalue weighted by atomic mass is 9.58. The summed E-state index contributed by atoms with van der Waals surface area (Å²) in [4.78, 5) is 2.16. The summed E-state index contributed by atoms with van der Waals surface area (Å²) in [6.45, 7) is 5.18. The molecule has 1 heterocycles. The summed E-state index contributed by atoms with van der Waals surface area (Å²) in [6, 6.07) is 10.6. The molecule has 0 saturated carbocycles. The number of nitrogens with two attached hydrogens (primary N) is 1. The van der Waals surface area contributed by atoms with Gasteiger partial charge >= 0.3 is 0 Å². The maximum Gasteiger partial charge on any atom is 0.191 e. The van der Waals surface area contributed by atoms with E-state index in [-0.39, 0.29) is 22.9 Å². The van der Waals surface area contributed by atoms with E-state index in [2.05, 4.69) is 11.0 Å². The van der Waals surface area contributed by atoms with Crippen molar-refractivity contribution in [2.75, 3.05) is 20.2 Å². The second kappa shape index (κ2) is 7.59. The molecule has 1 aromatic rings. The van der Waals surface area contributed by atoms with E-state index in [1.807, 2.05) is 32.1 Å². The van der Waals surface area contributed by atoms with E-state index in [0.717, 1.165) is 0 Å². The van der Waals surface area contributed by atoms with Gasteiger partial charge in [0.1, 0.15) is 17.6 Å². The normalized spacial score (nSPS) is 23.4. The topological polar surface area (TPSA) is 110 Å². The molecule has 1 aliphatic heterocycles. The highest BCUT2D eigenvalue weighted by molar-refractivity contribution is 5.59. The molecule has 2 N–H and O–H groups in total. The summed E-state index contributed by atoms with van der Waals surface area (Å²) in [5, 5.41) is 29.9. The van der Waals surface area contributed by atoms with Crippen molar-refractivity contribution in [3.05, 3.63) is 52.5 Å². The van der Waals surface area contributed by atoms with Gasteiger partial charge in [-0.15, -0.1) is 0 Å². The van der Waals surface area contributed by atoms with Gasteiger partial charge in [-0.2, -0.15) is 15.8 Å². The minimum Gasteiger partial charge on any atom is -0.497 e. The molecule has 0 bridgehead atoms. The molecule has 0 saturated heterocycles. The first-order valence-corrected chi connectivity index (χ1v) is 9.35. The van der Waals surface area contributed by atoms with Crippen LogP contribution in [0.5, 0.6) is 5.75 Å². The molecule has 2 atom stereocenters. The molecule has 2 aliphatic rings. The fourth-order valence-electron chi connectivity index (χ4n) is 4.36. The highest BCUT2D eigenvalue weighted by Gasteiger charge is 2.55. The molecule has 0 amide bonds. The van der Waals surface area contributed by atoms with Gasteiger partial charge in [0.05, 0.1) is 30.5 Å². The molecule has 6 nitrogen and oxygen atoms in total. The maximum atomic E-state index is 15.0. The first-order chi connectivity index (χ1) is 13.8. The summed E-state index contributed by atoms with van der Waals surface area (Å²) >= 11 is 0. The molecule has 0 fully saturated rings. The Morgan fingerprint density at radius 1 is 1.28 bits per heavy atom. The van der Waals surface area contributed by atoms with Crippen LogP contribution in [0.1, 0.15) is 25.3 Å². The number of nitriles is 3. The van der Waals surface area contributed by atoms with Gasteiger partial charge in [0.25, 0.3) is 0 Å². The van der Waals surface area contributed by atoms with Crippen molar-refractivity contribution >= 4 is 0 Å². The van der Waals surface area contributed by atoms with E-state index in [1.54, 1.807) is 0 Å². The summed E-state index contributed by atoms with van der Waals surface area (Å²) in [7, 11) is 1.47. The monoisotopic (exact) mass is 391 g/mol. The molecular weight excluding hydrogens is 369 g/mol. The van der Waals surface area contributed by atoms with Crippen LogP contribution in [0.3, 0.4) is 0 Å². The van der Waals surface area contributed by atoms with Gasteiger partial charge in [0.2, 0.25) is 0 Å². The molecule has 0 radical (unpaired) electrons. The van der Waals surface area contributed by atoms with Gasteiger partial charge in [-0.25, -0.2) is 4.39 Å². The molecule has 0 aromatic heterocycles. The quantitative estimate of drug-likeness (QED) is 0.848. The van der Waals surface area contributed by atoms with E-state index in [4.69, 9.17) is 10.5 Å². The van der Waals surface area contributed by atoms with Crippen LogP contribution in [0, 0.1) is 51.1 Å². The highest BCUT2D eigenvalue weighted by atomic mass is 19.1. The van der Waals surface area contributed by atoms with E-state index >= 15 is 0 Å². The van der Waals surface area contributed by atoms with Gasteiger partial charge in [-0.3, -0.25) is 4.90 Å². The third kappa shape index (κ3) is 3.03. The molecule has 29 heavy (non-hydrogen) atoms. The predicted octanol–water partition coefficient (Wildman–Crippen LogP) is 2.97. The number of allylic oxidation sites excluding steroid dienone is 2. The van der Waals surface area contributed by atoms with Gasteiger partial charge in [-0.05, 0) is 43.2 Å². The average molecular weight is 391 g/mol. The molecule has 0 spiro atoms. The molecule has 3 rings (SSSR count). The van der Waals surface area contributed by atoms with Crippen LogP contribution in [0.2, 0.25) is 0 Å². The Hall–Kier alpha value is -3.34. The summed E-state index contributed by atoms with van der Waals surface area (Å²) in [6.07, 6.45) is 1.91. The number of rotatable bonds is 3. The number of fused-ring (bicyclic) bond motifs is 1. The average Bonchev–Trinajstić information content (AvgIpc) is 2.73. The SMILES string of the molecule is COc1ccc(F)c([C@@H]2[C@@H]3CN(C(C)C)CC=C3C(C#N)=C(N)C2(C#N)C#N)c1. The van der Waals surface area contributed by atoms with E-state index < -0.39 is 23.1 Å². The van der Waals surface area contributed by atoms with Crippen molar-refractivity contribution in [1.29, 1.82) is 15.8 Å². The number of halogens is 1. The van der Waals surface area contributed by atoms with Crippen LogP contribution in [0.25, 0.3) is 0 Å². The maximum absolute atomic E-state index is 15.0. The van der Waals surface area contributed by atoms with E-state index in [1.165, 1.54) is 25.3 Å². The zero-order valence-electron chi connectivity index (χ0n) is 16.6. The second-order valence-corrected chi connectivity index (χ2v) is 7.61. The van der Waals surface area contributed by atoms with Crippen LogP contribution < -0.4 is 10.5 Å². The lowest BCUT2D eigenvalue weighted by Gasteiger charge is -2.46. The molecule has 1 aromatic carbocycles. The third-order valence-corrected chi connectivity index (χ3v) is 5.96. The van der Waals surface area contributed by atoms with Crippen molar-refractivity contribution in [2.45, 2.75) is 25.8 Å². The number of hydrogen-bond acceptors (Lipinski definition) is 6. The number of ether oxygens (including phenoxy) is 1. The van der Waals surface area contributed by atoms with Crippen LogP contribution in [-0.2, 0) is 0 Å². The van der Waals surface area contributed by atoms with Crippen molar-refractivity contribution in [1.82, 2.24) is 4.90 Å². The van der Waals surface area contributed by atoms with Crippen molar-refractivity contribution < 1.29 is 9.13 Å². The third-order valence-electron chi connectivity index (χ3n) is 5.96. The number of methoxy groups -OCH3 is 1. The highest BCUT2D eigenvalue weighted by Crippen LogP contribution is 2.55. The van der Waals surface area contributed by atoms with Gasteiger partial charge < -0.3 is 10.5 Å². The van der Waals surface area contributed by atoms with Crippen LogP contribution >= 0.6 is 0 Å². The standard InChI is InChI=1S/C22H22FN5O/c1-13(2)28-7-6-15-17(9-24)21(27)22(11-25,12-26)20(18(15)10-28)16-8-14(29-3)4-5-19(16)23/h4-6,8,13,18,20H,7,10,27H2,1-3H3/t18-,20-/m1/s1. The van der Waals surface area contributed by atoms with Crippen LogP contribution in [0.4, 0.5) is 4.39 Å². The Kier molecular flexibility index (Phi) is 5.33. The van der Waals surface area contributed by atoms with Gasteiger partial charge in [-0.1, -0.05) is 6.08 Å². The fourth-order valence-corrected chi connectivity index (χ4v) is 4.36. The predicted molar refractivity (Wildman–Crippen MR) is 104 cm³/mol. The summed E-state index contributed by atoms with van der Waals surface area (Å²) < 4.78 is 20.2. The smallest absolute Gasteiger partial charge is 0.191 e. The zero-order valence-corrected chi connectivity index (χ0v) is 16.6. The number of nitrogens with zero attached hydrogens (tertiary/aromatic N) is 4. The molecule has 148 valence electrons. The summed E-state index contributed by atoms with van der Waals surface area (Å²) in [5.41, 5.74) is 5.29. The van der Waals surface area contributed by atoms with E-state index in [9.17, 15) is 20.2 Å². The Bertz CT molecular complexity index is 1010. The van der Waals surface area contributed by atoms with E-state index in [0.29, 0.717) is 24.4 Å². The second-order valence-electron chi connectivity index (χ2n) is 7.61. The fraction of sp³-hybridized carbons (Fsp3) is 0.409. The van der Waals surface area contributed by atoms with Gasteiger partial charge in [0, 0.05) is 31.0 Å². The van der Waals surface area contributed by atoms with Crippen molar-refractivity contribution in [2.24, 2.45) is 17.1 Å². The number of benzene rings is 1. The zero-order chi connectivity index (χ0) is 21.3. The van der Waals surface area contributed by atoms with Gasteiger partial charge in [0.15, 0.2) is 5.41 Å². The van der Waals surface area contributed by atoms with Crippen molar-refractivity contribution in [3.8, 4) is 24.0 Å². The van der Waals surface area contributed by atoms with Crippen molar-refractivity contribution in [3.63, 3.8) is 0 Å². The Labute approximate surface area is 169 Å². The molecular formula is C22H22FN5O. The molecule has 0 unspecified atom stereocenters. The Morgan fingerprint density at radius 2 is 1.97 bits per heavy atom. The first kappa shape index (κ1) is 20.4. The lowest BCUT2D eigenvalue weighted by molar-refractivity contribution is 0.172. The molecule has 7 heteroatoms. The number of hydrogen-bond donors (Lipinski definition) is 1. The minimum absolute atomic E-state index is 0.113. The first-order valence-electron chi connectivity index (χ1n) is 9.35. The summed E-state index contributed by atoms with van der Waals surface area (Å²) in [5.74, 6) is -1.44. The minimum atomic E-state index is -1.86.